The summed E-state index contributed by atoms with van der Waals surface area (Å²) in [5.41, 5.74) is 0.971. The van der Waals surface area contributed by atoms with Gasteiger partial charge in [-0.2, -0.15) is 0 Å². The van der Waals surface area contributed by atoms with Crippen LogP contribution in [0.25, 0.3) is 0 Å². The van der Waals surface area contributed by atoms with Crippen molar-refractivity contribution in [2.75, 3.05) is 13.6 Å². The lowest BCUT2D eigenvalue weighted by Crippen LogP contribution is -2.54. The fraction of sp³-hybridized carbons (Fsp3) is 0.615. The van der Waals surface area contributed by atoms with E-state index in [1.165, 1.54) is 6.92 Å². The fourth-order valence-electron chi connectivity index (χ4n) is 4.23. The first-order chi connectivity index (χ1) is 15.6. The summed E-state index contributed by atoms with van der Waals surface area (Å²) < 4.78 is 0. The average Bonchev–Trinajstić information content (AvgIpc) is 2.77. The van der Waals surface area contributed by atoms with Crippen molar-refractivity contribution in [3.8, 4) is 0 Å². The van der Waals surface area contributed by atoms with Crippen LogP contribution in [0.5, 0.6) is 0 Å². The first kappa shape index (κ1) is 26.7. The molecule has 0 aliphatic carbocycles. The molecule has 1 aliphatic rings. The number of likely N-dealkylation sites (tertiary alicyclic amines) is 1. The van der Waals surface area contributed by atoms with Crippen LogP contribution in [0.15, 0.2) is 30.3 Å². The minimum absolute atomic E-state index is 0.0732. The average molecular weight is 458 g/mol. The summed E-state index contributed by atoms with van der Waals surface area (Å²) in [6.45, 7) is 7.61. The van der Waals surface area contributed by atoms with Crippen molar-refractivity contribution in [3.63, 3.8) is 0 Å². The Kier molecular flexibility index (Phi) is 10.2. The van der Waals surface area contributed by atoms with Gasteiger partial charge in [0.1, 0.15) is 6.04 Å². The number of benzene rings is 1. The van der Waals surface area contributed by atoms with E-state index >= 15 is 0 Å². The number of nitrogens with one attached hydrogen (secondary N) is 2. The van der Waals surface area contributed by atoms with Gasteiger partial charge in [-0.1, -0.05) is 50.6 Å². The predicted octanol–water partition coefficient (Wildman–Crippen LogP) is 2.52. The largest absolute Gasteiger partial charge is 0.345 e. The Hall–Kier alpha value is -2.54. The van der Waals surface area contributed by atoms with E-state index in [-0.39, 0.29) is 35.9 Å². The van der Waals surface area contributed by atoms with Crippen molar-refractivity contribution in [1.29, 1.82) is 0 Å². The molecule has 4 atom stereocenters. The maximum Gasteiger partial charge on any atom is 0.243 e. The monoisotopic (exact) mass is 457 g/mol. The second kappa shape index (κ2) is 12.6. The van der Waals surface area contributed by atoms with E-state index in [1.807, 2.05) is 51.2 Å². The van der Waals surface area contributed by atoms with Crippen LogP contribution in [-0.2, 0) is 25.6 Å². The van der Waals surface area contributed by atoms with Crippen LogP contribution in [0, 0.1) is 11.8 Å². The zero-order valence-electron chi connectivity index (χ0n) is 20.6. The summed E-state index contributed by atoms with van der Waals surface area (Å²) >= 11 is 0. The number of piperidine rings is 1. The van der Waals surface area contributed by atoms with Crippen molar-refractivity contribution in [3.05, 3.63) is 35.9 Å². The molecule has 1 heterocycles. The van der Waals surface area contributed by atoms with Crippen LogP contribution < -0.4 is 10.6 Å². The van der Waals surface area contributed by atoms with Gasteiger partial charge in [-0.25, -0.2) is 0 Å². The highest BCUT2D eigenvalue weighted by molar-refractivity contribution is 5.94. The molecule has 7 heteroatoms. The lowest BCUT2D eigenvalue weighted by Gasteiger charge is -2.32. The Bertz CT molecular complexity index is 824. The molecule has 1 aromatic carbocycles. The molecule has 0 bridgehead atoms. The predicted molar refractivity (Wildman–Crippen MR) is 129 cm³/mol. The van der Waals surface area contributed by atoms with Gasteiger partial charge in [0.05, 0.1) is 12.1 Å². The Morgan fingerprint density at radius 1 is 1.00 bits per heavy atom. The zero-order valence-corrected chi connectivity index (χ0v) is 20.6. The van der Waals surface area contributed by atoms with E-state index < -0.39 is 23.9 Å². The highest BCUT2D eigenvalue weighted by Gasteiger charge is 2.33. The van der Waals surface area contributed by atoms with Crippen LogP contribution in [-0.4, -0.2) is 60.0 Å². The summed E-state index contributed by atoms with van der Waals surface area (Å²) in [5.74, 6) is -1.53. The Morgan fingerprint density at radius 2 is 1.67 bits per heavy atom. The second-order valence-electron chi connectivity index (χ2n) is 9.62. The molecule has 2 rings (SSSR count). The minimum atomic E-state index is -0.787. The highest BCUT2D eigenvalue weighted by atomic mass is 16.2. The van der Waals surface area contributed by atoms with Crippen molar-refractivity contribution in [1.82, 2.24) is 15.5 Å². The number of hydrogen-bond acceptors (Lipinski definition) is 5. The normalized spacial score (nSPS) is 19.4. The van der Waals surface area contributed by atoms with Crippen LogP contribution >= 0.6 is 0 Å². The highest BCUT2D eigenvalue weighted by Crippen LogP contribution is 2.21. The molecular weight excluding hydrogens is 418 g/mol. The van der Waals surface area contributed by atoms with Crippen LogP contribution in [0.4, 0.5) is 0 Å². The van der Waals surface area contributed by atoms with Crippen LogP contribution in [0.3, 0.4) is 0 Å². The lowest BCUT2D eigenvalue weighted by molar-refractivity contribution is -0.135. The van der Waals surface area contributed by atoms with Crippen molar-refractivity contribution >= 4 is 23.4 Å². The standard InChI is InChI=1S/C26H39N3O4/c1-17(2)24(26(33)27-18(3)19(4)30)28-25(32)21(15-20-11-7-6-8-12-20)16-23(31)22-13-9-10-14-29(22)5/h6-8,11-12,17-18,21-22,24H,9-10,13-16H2,1-5H3,(H,27,33)(H,28,32). The van der Waals surface area contributed by atoms with Gasteiger partial charge in [-0.3, -0.25) is 24.1 Å². The van der Waals surface area contributed by atoms with Crippen LogP contribution in [0.1, 0.15) is 58.9 Å². The summed E-state index contributed by atoms with van der Waals surface area (Å²) in [5, 5.41) is 5.55. The molecule has 33 heavy (non-hydrogen) atoms. The molecule has 1 aromatic rings. The molecule has 4 unspecified atom stereocenters. The number of hydrogen-bond donors (Lipinski definition) is 2. The Labute approximate surface area is 197 Å². The Balaban J connectivity index is 2.17. The van der Waals surface area contributed by atoms with Gasteiger partial charge in [0.2, 0.25) is 11.8 Å². The second-order valence-corrected chi connectivity index (χ2v) is 9.62. The minimum Gasteiger partial charge on any atom is -0.345 e. The third-order valence-corrected chi connectivity index (χ3v) is 6.50. The van der Waals surface area contributed by atoms with Gasteiger partial charge in [0.15, 0.2) is 11.6 Å². The molecule has 1 fully saturated rings. The summed E-state index contributed by atoms with van der Waals surface area (Å²) in [7, 11) is 1.96. The molecule has 1 aliphatic heterocycles. The quantitative estimate of drug-likeness (QED) is 0.532. The van der Waals surface area contributed by atoms with E-state index in [0.29, 0.717) is 6.42 Å². The number of carbonyl (C=O) groups excluding carboxylic acids is 4. The summed E-state index contributed by atoms with van der Waals surface area (Å²) in [6.07, 6.45) is 3.46. The molecule has 0 saturated carbocycles. The molecule has 1 saturated heterocycles. The first-order valence-electron chi connectivity index (χ1n) is 12.0. The molecule has 182 valence electrons. The Morgan fingerprint density at radius 3 is 2.24 bits per heavy atom. The maximum absolute atomic E-state index is 13.4. The third-order valence-electron chi connectivity index (χ3n) is 6.50. The molecule has 0 aromatic heterocycles. The van der Waals surface area contributed by atoms with Crippen molar-refractivity contribution in [2.24, 2.45) is 11.8 Å². The molecule has 0 spiro atoms. The molecule has 2 amide bonds. The summed E-state index contributed by atoms with van der Waals surface area (Å²) in [6, 6.07) is 8.05. The van der Waals surface area contributed by atoms with E-state index in [1.54, 1.807) is 6.92 Å². The number of amides is 2. The van der Waals surface area contributed by atoms with E-state index in [9.17, 15) is 19.2 Å². The van der Waals surface area contributed by atoms with Gasteiger partial charge < -0.3 is 10.6 Å². The van der Waals surface area contributed by atoms with Gasteiger partial charge in [-0.15, -0.1) is 0 Å². The number of carbonyl (C=O) groups is 4. The van der Waals surface area contributed by atoms with Gasteiger partial charge in [-0.05, 0) is 58.2 Å². The SMILES string of the molecule is CC(=O)C(C)NC(=O)C(NC(=O)C(CC(=O)C1CCCCN1C)Cc1ccccc1)C(C)C. The number of nitrogens with zero attached hydrogens (tertiary/aromatic N) is 1. The fourth-order valence-corrected chi connectivity index (χ4v) is 4.23. The number of likely N-dealkylation sites (N-methyl/N-ethyl adjacent to an activating group) is 1. The van der Waals surface area contributed by atoms with E-state index in [0.717, 1.165) is 31.4 Å². The zero-order chi connectivity index (χ0) is 24.5. The van der Waals surface area contributed by atoms with Gasteiger partial charge in [0, 0.05) is 12.3 Å². The van der Waals surface area contributed by atoms with E-state index in [2.05, 4.69) is 15.5 Å². The summed E-state index contributed by atoms with van der Waals surface area (Å²) in [4.78, 5) is 52.9. The van der Waals surface area contributed by atoms with E-state index in [4.69, 9.17) is 0 Å². The number of Topliss-reactive ketones (excluding diaryl/α,β-unsaturated/α-hetero) is 2. The molecule has 7 nitrogen and oxygen atoms in total. The maximum atomic E-state index is 13.4. The third kappa shape index (κ3) is 8.07. The number of rotatable bonds is 11. The smallest absolute Gasteiger partial charge is 0.243 e. The lowest BCUT2D eigenvalue weighted by atomic mass is 9.88. The van der Waals surface area contributed by atoms with Crippen LogP contribution in [0.2, 0.25) is 0 Å². The van der Waals surface area contributed by atoms with Crippen molar-refractivity contribution < 1.29 is 19.2 Å². The number of ketones is 2. The topological polar surface area (TPSA) is 95.6 Å². The molecule has 2 N–H and O–H groups in total. The molecular formula is C26H39N3O4. The van der Waals surface area contributed by atoms with Crippen molar-refractivity contribution in [2.45, 2.75) is 77.9 Å². The van der Waals surface area contributed by atoms with Gasteiger partial charge >= 0.3 is 0 Å². The van der Waals surface area contributed by atoms with Gasteiger partial charge in [0.25, 0.3) is 0 Å². The first-order valence-corrected chi connectivity index (χ1v) is 12.0. The molecule has 0 radical (unpaired) electrons.